The molecule has 8 heteroatoms. The fraction of sp³-hybridized carbons (Fsp3) is 0.583. The molecule has 1 aliphatic rings. The maximum absolute atomic E-state index is 12.0. The van der Waals surface area contributed by atoms with Gasteiger partial charge in [0.15, 0.2) is 14.2 Å². The highest BCUT2D eigenvalue weighted by atomic mass is 32.2. The average molecular weight is 495 g/mol. The Morgan fingerprint density at radius 2 is 1.97 bits per heavy atom. The van der Waals surface area contributed by atoms with Crippen LogP contribution in [-0.4, -0.2) is 43.4 Å². The zero-order valence-electron chi connectivity index (χ0n) is 20.4. The van der Waals surface area contributed by atoms with E-state index in [4.69, 9.17) is 9.42 Å². The van der Waals surface area contributed by atoms with Crippen molar-refractivity contribution in [2.75, 3.05) is 12.0 Å². The molecular formula is C24H38N2O3S2Si. The number of rotatable bonds is 10. The van der Waals surface area contributed by atoms with Crippen molar-refractivity contribution in [3.8, 4) is 0 Å². The highest BCUT2D eigenvalue weighted by molar-refractivity contribution is 8.13. The van der Waals surface area contributed by atoms with E-state index >= 15 is 0 Å². The number of carboxylic acid groups (broad SMARTS) is 1. The molecule has 0 saturated heterocycles. The summed E-state index contributed by atoms with van der Waals surface area (Å²) in [4.78, 5) is 17.8. The minimum Gasteiger partial charge on any atom is -0.478 e. The van der Waals surface area contributed by atoms with Gasteiger partial charge >= 0.3 is 5.97 Å². The third-order valence-corrected chi connectivity index (χ3v) is 8.02. The molecule has 2 unspecified atom stereocenters. The van der Waals surface area contributed by atoms with Gasteiger partial charge in [-0.25, -0.2) is 9.79 Å². The first-order chi connectivity index (χ1) is 15.0. The number of allylic oxidation sites excluding steroid dienone is 1. The monoisotopic (exact) mass is 494 g/mol. The Morgan fingerprint density at radius 1 is 1.28 bits per heavy atom. The Hall–Kier alpha value is -1.22. The molecule has 1 aromatic rings. The van der Waals surface area contributed by atoms with E-state index in [0.717, 1.165) is 40.6 Å². The standard InChI is InChI=1S/C24H38N2O3S2Si/c1-16-20(22(27)28)21(26-23(25-16)30-5)17-12-8-9-13-18(17)31-15-11-10-14-19(24(2,3)4)29-32(6)7/h8-9,12-13,19,21,32H,10-11,14-15H2,1-7H3,(H,25,26)(H,27,28). The van der Waals surface area contributed by atoms with Crippen LogP contribution in [-0.2, 0) is 9.22 Å². The molecule has 2 rings (SSSR count). The van der Waals surface area contributed by atoms with Crippen LogP contribution in [0.2, 0.25) is 13.1 Å². The lowest BCUT2D eigenvalue weighted by Gasteiger charge is -2.32. The van der Waals surface area contributed by atoms with E-state index in [2.05, 4.69) is 45.2 Å². The van der Waals surface area contributed by atoms with Crippen molar-refractivity contribution in [2.45, 2.75) is 77.1 Å². The Bertz CT molecular complexity index is 850. The first-order valence-electron chi connectivity index (χ1n) is 11.2. The minimum absolute atomic E-state index is 0.163. The Morgan fingerprint density at radius 3 is 2.56 bits per heavy atom. The summed E-state index contributed by atoms with van der Waals surface area (Å²) in [6.07, 6.45) is 5.56. The van der Waals surface area contributed by atoms with Crippen LogP contribution in [0.1, 0.15) is 58.6 Å². The Balaban J connectivity index is 2.07. The SMILES string of the molecule is CSC1=NC(c2ccccc2SCCCCC(O[SiH](C)C)C(C)(C)C)C(C(=O)O)=C(C)N1. The Kier molecular flexibility index (Phi) is 10.4. The van der Waals surface area contributed by atoms with E-state index in [1.807, 2.05) is 31.4 Å². The number of aliphatic imine (C=N–C) groups is 1. The van der Waals surface area contributed by atoms with Gasteiger partial charge in [0.1, 0.15) is 6.04 Å². The molecule has 0 amide bonds. The van der Waals surface area contributed by atoms with Crippen LogP contribution in [0.25, 0.3) is 0 Å². The maximum Gasteiger partial charge on any atom is 0.335 e. The molecule has 2 N–H and O–H groups in total. The van der Waals surface area contributed by atoms with Gasteiger partial charge in [-0.05, 0) is 61.9 Å². The van der Waals surface area contributed by atoms with Gasteiger partial charge in [0.05, 0.1) is 5.57 Å². The van der Waals surface area contributed by atoms with E-state index in [1.54, 1.807) is 11.8 Å². The van der Waals surface area contributed by atoms with E-state index in [9.17, 15) is 9.90 Å². The van der Waals surface area contributed by atoms with Crippen molar-refractivity contribution in [3.05, 3.63) is 41.1 Å². The topological polar surface area (TPSA) is 70.9 Å². The molecule has 0 spiro atoms. The molecule has 0 radical (unpaired) electrons. The van der Waals surface area contributed by atoms with E-state index in [0.29, 0.717) is 17.4 Å². The van der Waals surface area contributed by atoms with Gasteiger partial charge in [0.2, 0.25) is 0 Å². The van der Waals surface area contributed by atoms with Crippen LogP contribution in [0.5, 0.6) is 0 Å². The van der Waals surface area contributed by atoms with Crippen LogP contribution in [0, 0.1) is 5.41 Å². The van der Waals surface area contributed by atoms with Gasteiger partial charge in [-0.2, -0.15) is 0 Å². The van der Waals surface area contributed by atoms with Crippen LogP contribution >= 0.6 is 23.5 Å². The number of unbranched alkanes of at least 4 members (excludes halogenated alkanes) is 1. The summed E-state index contributed by atoms with van der Waals surface area (Å²) in [6.45, 7) is 13.1. The summed E-state index contributed by atoms with van der Waals surface area (Å²) in [5, 5.41) is 13.7. The number of aliphatic carboxylic acids is 1. The molecule has 5 nitrogen and oxygen atoms in total. The number of hydrogen-bond acceptors (Lipinski definition) is 6. The lowest BCUT2D eigenvalue weighted by Crippen LogP contribution is -2.33. The van der Waals surface area contributed by atoms with E-state index < -0.39 is 21.1 Å². The van der Waals surface area contributed by atoms with Gasteiger partial charge in [-0.3, -0.25) is 0 Å². The quantitative estimate of drug-likeness (QED) is 0.233. The second-order valence-electron chi connectivity index (χ2n) is 9.43. The normalized spacial score (nSPS) is 17.9. The second kappa shape index (κ2) is 12.3. The molecule has 0 bridgehead atoms. The third kappa shape index (κ3) is 7.68. The number of benzene rings is 1. The number of nitrogens with one attached hydrogen (secondary N) is 1. The Labute approximate surface area is 203 Å². The highest BCUT2D eigenvalue weighted by Gasteiger charge is 2.30. The summed E-state index contributed by atoms with van der Waals surface area (Å²) in [6, 6.07) is 7.57. The fourth-order valence-electron chi connectivity index (χ4n) is 3.74. The molecular weight excluding hydrogens is 456 g/mol. The number of hydrogen-bond donors (Lipinski definition) is 2. The maximum atomic E-state index is 12.0. The molecule has 178 valence electrons. The summed E-state index contributed by atoms with van der Waals surface area (Å²) < 4.78 is 6.29. The number of nitrogens with zero attached hydrogens (tertiary/aromatic N) is 1. The molecule has 0 saturated carbocycles. The zero-order valence-corrected chi connectivity index (χ0v) is 23.2. The largest absolute Gasteiger partial charge is 0.478 e. The van der Waals surface area contributed by atoms with Crippen molar-refractivity contribution < 1.29 is 14.3 Å². The summed E-state index contributed by atoms with van der Waals surface area (Å²) in [7, 11) is -1.06. The molecule has 0 aliphatic carbocycles. The first-order valence-corrected chi connectivity index (χ1v) is 16.2. The second-order valence-corrected chi connectivity index (χ2v) is 13.7. The van der Waals surface area contributed by atoms with Crippen molar-refractivity contribution in [2.24, 2.45) is 10.4 Å². The minimum atomic E-state index is -1.06. The first kappa shape index (κ1) is 27.0. The van der Waals surface area contributed by atoms with Gasteiger partial charge in [-0.1, -0.05) is 57.2 Å². The van der Waals surface area contributed by atoms with Crippen molar-refractivity contribution in [1.82, 2.24) is 5.32 Å². The van der Waals surface area contributed by atoms with Crippen molar-refractivity contribution in [3.63, 3.8) is 0 Å². The highest BCUT2D eigenvalue weighted by Crippen LogP contribution is 2.37. The smallest absolute Gasteiger partial charge is 0.335 e. The lowest BCUT2D eigenvalue weighted by atomic mass is 9.86. The number of carbonyl (C=O) groups is 1. The summed E-state index contributed by atoms with van der Waals surface area (Å²) in [5.41, 5.74) is 2.10. The van der Waals surface area contributed by atoms with Crippen LogP contribution < -0.4 is 5.32 Å². The summed E-state index contributed by atoms with van der Waals surface area (Å²) >= 11 is 3.29. The van der Waals surface area contributed by atoms with Gasteiger partial charge in [0.25, 0.3) is 0 Å². The molecule has 0 fully saturated rings. The molecule has 1 aliphatic heterocycles. The van der Waals surface area contributed by atoms with Gasteiger partial charge < -0.3 is 14.8 Å². The fourth-order valence-corrected chi connectivity index (χ4v) is 6.50. The predicted octanol–water partition coefficient (Wildman–Crippen LogP) is 6.09. The van der Waals surface area contributed by atoms with E-state index in [-0.39, 0.29) is 5.41 Å². The molecule has 1 aromatic carbocycles. The van der Waals surface area contributed by atoms with Crippen LogP contribution in [0.4, 0.5) is 0 Å². The van der Waals surface area contributed by atoms with Crippen LogP contribution in [0.15, 0.2) is 45.4 Å². The van der Waals surface area contributed by atoms with Gasteiger partial charge in [0, 0.05) is 16.7 Å². The predicted molar refractivity (Wildman–Crippen MR) is 141 cm³/mol. The number of carboxylic acids is 1. The molecule has 2 atom stereocenters. The molecule has 32 heavy (non-hydrogen) atoms. The third-order valence-electron chi connectivity index (χ3n) is 5.38. The van der Waals surface area contributed by atoms with Crippen LogP contribution in [0.3, 0.4) is 0 Å². The molecule has 0 aromatic heterocycles. The molecule has 1 heterocycles. The number of amidine groups is 1. The number of thioether (sulfide) groups is 2. The summed E-state index contributed by atoms with van der Waals surface area (Å²) in [5.74, 6) is 0.0629. The average Bonchev–Trinajstić information content (AvgIpc) is 2.71. The van der Waals surface area contributed by atoms with Crippen molar-refractivity contribution >= 4 is 43.7 Å². The van der Waals surface area contributed by atoms with Crippen molar-refractivity contribution in [1.29, 1.82) is 0 Å². The lowest BCUT2D eigenvalue weighted by molar-refractivity contribution is -0.133. The zero-order chi connectivity index (χ0) is 23.9. The van der Waals surface area contributed by atoms with E-state index in [1.165, 1.54) is 11.8 Å². The van der Waals surface area contributed by atoms with Gasteiger partial charge in [-0.15, -0.1) is 11.8 Å².